The van der Waals surface area contributed by atoms with Crippen molar-refractivity contribution in [2.75, 3.05) is 19.8 Å². The van der Waals surface area contributed by atoms with E-state index in [2.05, 4.69) is 12.2 Å². The third-order valence-corrected chi connectivity index (χ3v) is 3.86. The Labute approximate surface area is 101 Å². The maximum atomic E-state index is 13.1. The summed E-state index contributed by atoms with van der Waals surface area (Å²) in [6.07, 6.45) is 2.06. The average Bonchev–Trinajstić information content (AvgIpc) is 2.66. The van der Waals surface area contributed by atoms with Crippen LogP contribution in [0.15, 0.2) is 18.2 Å². The number of hydrogen-bond acceptors (Lipinski definition) is 2. The van der Waals surface area contributed by atoms with Gasteiger partial charge in [-0.3, -0.25) is 0 Å². The second-order valence-corrected chi connectivity index (χ2v) is 5.62. The zero-order valence-electron chi connectivity index (χ0n) is 10.1. The molecule has 92 valence electrons. The van der Waals surface area contributed by atoms with Gasteiger partial charge in [0.2, 0.25) is 0 Å². The largest absolute Gasteiger partial charge is 0.380 e. The van der Waals surface area contributed by atoms with Crippen molar-refractivity contribution in [3.05, 3.63) is 35.1 Å². The Balaban J connectivity index is 1.67. The van der Waals surface area contributed by atoms with Crippen LogP contribution in [-0.2, 0) is 11.2 Å². The first-order valence-corrected chi connectivity index (χ1v) is 6.26. The van der Waals surface area contributed by atoms with Crippen molar-refractivity contribution in [3.63, 3.8) is 0 Å². The summed E-state index contributed by atoms with van der Waals surface area (Å²) in [6, 6.07) is 5.55. The molecule has 0 saturated carbocycles. The predicted octanol–water partition coefficient (Wildman–Crippen LogP) is 2.44. The predicted molar refractivity (Wildman–Crippen MR) is 64.4 cm³/mol. The standard InChI is InChI=1S/C14H18FNO/c1-14(8-17-9-14)7-16-13-5-2-10-6-11(15)3-4-12(10)13/h3-4,6,13,16H,2,5,7-9H2,1H3. The molecule has 2 aliphatic rings. The number of fused-ring (bicyclic) bond motifs is 1. The van der Waals surface area contributed by atoms with Crippen molar-refractivity contribution in [2.24, 2.45) is 5.41 Å². The summed E-state index contributed by atoms with van der Waals surface area (Å²) < 4.78 is 18.3. The summed E-state index contributed by atoms with van der Waals surface area (Å²) in [7, 11) is 0. The quantitative estimate of drug-likeness (QED) is 0.869. The summed E-state index contributed by atoms with van der Waals surface area (Å²) in [4.78, 5) is 0. The van der Waals surface area contributed by atoms with Crippen molar-refractivity contribution in [3.8, 4) is 0 Å². The maximum absolute atomic E-state index is 13.1. The highest BCUT2D eigenvalue weighted by molar-refractivity contribution is 5.34. The number of halogens is 1. The van der Waals surface area contributed by atoms with Gasteiger partial charge in [-0.2, -0.15) is 0 Å². The fourth-order valence-corrected chi connectivity index (χ4v) is 2.72. The van der Waals surface area contributed by atoms with Gasteiger partial charge in [0.15, 0.2) is 0 Å². The minimum atomic E-state index is -0.122. The Kier molecular flexibility index (Phi) is 2.68. The van der Waals surface area contributed by atoms with E-state index in [4.69, 9.17) is 4.74 Å². The molecule has 17 heavy (non-hydrogen) atoms. The van der Waals surface area contributed by atoms with Crippen LogP contribution < -0.4 is 5.32 Å². The molecule has 0 aromatic heterocycles. The van der Waals surface area contributed by atoms with Gasteiger partial charge in [-0.25, -0.2) is 4.39 Å². The summed E-state index contributed by atoms with van der Waals surface area (Å²) in [5.74, 6) is -0.122. The topological polar surface area (TPSA) is 21.3 Å². The van der Waals surface area contributed by atoms with Crippen LogP contribution in [0.4, 0.5) is 4.39 Å². The maximum Gasteiger partial charge on any atom is 0.123 e. The Morgan fingerprint density at radius 1 is 1.47 bits per heavy atom. The van der Waals surface area contributed by atoms with E-state index < -0.39 is 0 Å². The first-order chi connectivity index (χ1) is 8.16. The Hall–Kier alpha value is -0.930. The molecule has 1 atom stereocenters. The Morgan fingerprint density at radius 3 is 3.00 bits per heavy atom. The average molecular weight is 235 g/mol. The number of benzene rings is 1. The van der Waals surface area contributed by atoms with Gasteiger partial charge in [0.25, 0.3) is 0 Å². The molecule has 0 spiro atoms. The molecule has 2 nitrogen and oxygen atoms in total. The van der Waals surface area contributed by atoms with Crippen molar-refractivity contribution in [2.45, 2.75) is 25.8 Å². The third-order valence-electron chi connectivity index (χ3n) is 3.86. The molecule has 0 radical (unpaired) electrons. The van der Waals surface area contributed by atoms with Crippen LogP contribution in [0, 0.1) is 11.2 Å². The number of nitrogens with one attached hydrogen (secondary N) is 1. The number of rotatable bonds is 3. The molecule has 3 heteroatoms. The zero-order chi connectivity index (χ0) is 11.9. The van der Waals surface area contributed by atoms with Gasteiger partial charge >= 0.3 is 0 Å². The molecule has 1 unspecified atom stereocenters. The molecule has 0 bridgehead atoms. The molecule has 0 amide bonds. The highest BCUT2D eigenvalue weighted by Crippen LogP contribution is 2.33. The summed E-state index contributed by atoms with van der Waals surface area (Å²) >= 11 is 0. The summed E-state index contributed by atoms with van der Waals surface area (Å²) in [5, 5.41) is 3.60. The van der Waals surface area contributed by atoms with Crippen LogP contribution in [0.2, 0.25) is 0 Å². The van der Waals surface area contributed by atoms with Crippen LogP contribution in [0.3, 0.4) is 0 Å². The van der Waals surface area contributed by atoms with Crippen LogP contribution in [-0.4, -0.2) is 19.8 Å². The molecule has 1 heterocycles. The van der Waals surface area contributed by atoms with Gasteiger partial charge in [0.05, 0.1) is 13.2 Å². The Bertz CT molecular complexity index is 428. The second kappa shape index (κ2) is 4.07. The van der Waals surface area contributed by atoms with Crippen molar-refractivity contribution < 1.29 is 9.13 Å². The lowest BCUT2D eigenvalue weighted by Gasteiger charge is -2.39. The van der Waals surface area contributed by atoms with Crippen LogP contribution in [0.5, 0.6) is 0 Å². The zero-order valence-corrected chi connectivity index (χ0v) is 10.1. The summed E-state index contributed by atoms with van der Waals surface area (Å²) in [5.41, 5.74) is 2.73. The Morgan fingerprint density at radius 2 is 2.29 bits per heavy atom. The van der Waals surface area contributed by atoms with Crippen LogP contribution >= 0.6 is 0 Å². The van der Waals surface area contributed by atoms with E-state index in [-0.39, 0.29) is 5.82 Å². The number of ether oxygens (including phenoxy) is 1. The third kappa shape index (κ3) is 2.09. The monoisotopic (exact) mass is 235 g/mol. The molecule has 1 fully saturated rings. The van der Waals surface area contributed by atoms with Crippen molar-refractivity contribution >= 4 is 0 Å². The molecule has 1 aliphatic heterocycles. The first kappa shape index (κ1) is 11.2. The van der Waals surface area contributed by atoms with Gasteiger partial charge < -0.3 is 10.1 Å². The fourth-order valence-electron chi connectivity index (χ4n) is 2.72. The summed E-state index contributed by atoms with van der Waals surface area (Å²) in [6.45, 7) is 4.92. The lowest BCUT2D eigenvalue weighted by molar-refractivity contribution is -0.100. The lowest BCUT2D eigenvalue weighted by atomic mass is 9.88. The van der Waals surface area contributed by atoms with Gasteiger partial charge in [0.1, 0.15) is 5.82 Å². The number of hydrogen-bond donors (Lipinski definition) is 1. The van der Waals surface area contributed by atoms with E-state index in [0.29, 0.717) is 11.5 Å². The normalized spacial score (nSPS) is 25.4. The van der Waals surface area contributed by atoms with E-state index >= 15 is 0 Å². The SMILES string of the molecule is CC1(CNC2CCc3cc(F)ccc32)COC1. The van der Waals surface area contributed by atoms with Crippen LogP contribution in [0.25, 0.3) is 0 Å². The lowest BCUT2D eigenvalue weighted by Crippen LogP contribution is -2.47. The molecular weight excluding hydrogens is 217 g/mol. The highest BCUT2D eigenvalue weighted by Gasteiger charge is 2.34. The molecule has 1 aromatic carbocycles. The van der Waals surface area contributed by atoms with Gasteiger partial charge in [0, 0.05) is 18.0 Å². The van der Waals surface area contributed by atoms with E-state index in [0.717, 1.165) is 38.2 Å². The number of aryl methyl sites for hydroxylation is 1. The highest BCUT2D eigenvalue weighted by atomic mass is 19.1. The molecule has 1 aliphatic carbocycles. The smallest absolute Gasteiger partial charge is 0.123 e. The molecule has 1 N–H and O–H groups in total. The van der Waals surface area contributed by atoms with Gasteiger partial charge in [-0.15, -0.1) is 0 Å². The fraction of sp³-hybridized carbons (Fsp3) is 0.571. The van der Waals surface area contributed by atoms with Crippen molar-refractivity contribution in [1.29, 1.82) is 0 Å². The van der Waals surface area contributed by atoms with E-state index in [1.54, 1.807) is 12.1 Å². The van der Waals surface area contributed by atoms with E-state index in [1.807, 2.05) is 6.07 Å². The minimum Gasteiger partial charge on any atom is -0.380 e. The molecule has 3 rings (SSSR count). The van der Waals surface area contributed by atoms with E-state index in [9.17, 15) is 4.39 Å². The molecule has 1 saturated heterocycles. The second-order valence-electron chi connectivity index (χ2n) is 5.62. The van der Waals surface area contributed by atoms with Crippen LogP contribution in [0.1, 0.15) is 30.5 Å². The van der Waals surface area contributed by atoms with E-state index in [1.165, 1.54) is 5.56 Å². The molecule has 1 aromatic rings. The minimum absolute atomic E-state index is 0.122. The first-order valence-electron chi connectivity index (χ1n) is 6.26. The van der Waals surface area contributed by atoms with Crippen molar-refractivity contribution in [1.82, 2.24) is 5.32 Å². The molecular formula is C14H18FNO. The van der Waals surface area contributed by atoms with Gasteiger partial charge in [-0.05, 0) is 36.1 Å². The van der Waals surface area contributed by atoms with Gasteiger partial charge in [-0.1, -0.05) is 13.0 Å².